The van der Waals surface area contributed by atoms with Crippen LogP contribution in [0.25, 0.3) is 17.4 Å². The molecule has 0 saturated carbocycles. The van der Waals surface area contributed by atoms with Crippen molar-refractivity contribution in [2.45, 2.75) is 59.3 Å². The van der Waals surface area contributed by atoms with Crippen LogP contribution in [0.3, 0.4) is 0 Å². The highest BCUT2D eigenvalue weighted by molar-refractivity contribution is 8.27. The second-order valence-electron chi connectivity index (χ2n) is 10.7. The number of nitrogens with zero attached hydrogens (tertiary/aromatic N) is 5. The van der Waals surface area contributed by atoms with E-state index in [4.69, 9.17) is 17.2 Å². The second kappa shape index (κ2) is 13.1. The minimum absolute atomic E-state index is 0.197. The number of hydrogen-bond donors (Lipinski definition) is 1. The van der Waals surface area contributed by atoms with Crippen molar-refractivity contribution in [3.63, 3.8) is 0 Å². The fourth-order valence-corrected chi connectivity index (χ4v) is 6.54. The van der Waals surface area contributed by atoms with Crippen LogP contribution < -0.4 is 21.3 Å². The molecule has 1 aromatic carbocycles. The summed E-state index contributed by atoms with van der Waals surface area (Å²) in [5.74, 6) is -0.0166. The number of carbonyl (C=O) groups is 1. The predicted octanol–water partition coefficient (Wildman–Crippen LogP) is 5.98. The van der Waals surface area contributed by atoms with Crippen molar-refractivity contribution in [2.24, 2.45) is 7.05 Å². The second-order valence-corrected chi connectivity index (χ2v) is 12.4. The van der Waals surface area contributed by atoms with Crippen molar-refractivity contribution in [1.29, 1.82) is 0 Å². The molecule has 0 radical (unpaired) electrons. The van der Waals surface area contributed by atoms with E-state index >= 15 is 0 Å². The first-order valence-electron chi connectivity index (χ1n) is 14.6. The molecule has 1 fully saturated rings. The van der Waals surface area contributed by atoms with E-state index in [1.54, 1.807) is 37.0 Å². The maximum absolute atomic E-state index is 13.9. The normalized spacial score (nSPS) is 14.4. The maximum Gasteiger partial charge on any atom is 0.296 e. The van der Waals surface area contributed by atoms with Crippen molar-refractivity contribution in [1.82, 2.24) is 18.7 Å². The molecule has 4 aromatic rings. The average Bonchev–Trinajstić information content (AvgIpc) is 3.39. The van der Waals surface area contributed by atoms with E-state index in [9.17, 15) is 14.4 Å². The molecule has 43 heavy (non-hydrogen) atoms. The number of nitrogens with one attached hydrogen (secondary N) is 1. The lowest BCUT2D eigenvalue weighted by atomic mass is 10.1. The van der Waals surface area contributed by atoms with Crippen LogP contribution in [0.15, 0.2) is 63.2 Å². The van der Waals surface area contributed by atoms with Gasteiger partial charge in [0.1, 0.15) is 17.2 Å². The van der Waals surface area contributed by atoms with Crippen molar-refractivity contribution < 1.29 is 4.79 Å². The Morgan fingerprint density at radius 3 is 2.42 bits per heavy atom. The molecule has 0 bridgehead atoms. The summed E-state index contributed by atoms with van der Waals surface area (Å²) in [5, 5.41) is 3.36. The number of fused-ring (bicyclic) bond motifs is 1. The van der Waals surface area contributed by atoms with Gasteiger partial charge in [-0.05, 0) is 50.1 Å². The molecule has 1 N–H and O–H groups in total. The summed E-state index contributed by atoms with van der Waals surface area (Å²) in [6.07, 6.45) is 10.1. The molecular weight excluding hydrogens is 581 g/mol. The number of thiocarbonyl (C=S) groups is 1. The van der Waals surface area contributed by atoms with Crippen LogP contribution >= 0.6 is 24.0 Å². The Labute approximate surface area is 260 Å². The van der Waals surface area contributed by atoms with E-state index in [0.717, 1.165) is 30.2 Å². The van der Waals surface area contributed by atoms with E-state index in [0.29, 0.717) is 29.4 Å². The van der Waals surface area contributed by atoms with E-state index in [2.05, 4.69) is 12.2 Å². The molecule has 1 aliphatic rings. The van der Waals surface area contributed by atoms with Gasteiger partial charge in [-0.25, -0.2) is 9.67 Å². The quantitative estimate of drug-likeness (QED) is 0.126. The zero-order chi connectivity index (χ0) is 30.7. The highest BCUT2D eigenvalue weighted by atomic mass is 32.2. The fourth-order valence-electron chi connectivity index (χ4n) is 5.29. The minimum atomic E-state index is -0.448. The van der Waals surface area contributed by atoms with Gasteiger partial charge in [0, 0.05) is 19.8 Å². The lowest BCUT2D eigenvalue weighted by Crippen LogP contribution is -2.33. The SMILES string of the molecule is CCCCCCCCNc1nc2c(C)cccn2c(=O)c1C=C1SC(=S)N(c2c(C)n(C)n(-c3ccccc3)c2=O)C1=O. The lowest BCUT2D eigenvalue weighted by Gasteiger charge is -2.13. The smallest absolute Gasteiger partial charge is 0.296 e. The van der Waals surface area contributed by atoms with Crippen LogP contribution in [0.1, 0.15) is 62.3 Å². The molecule has 3 aromatic heterocycles. The molecule has 5 rings (SSSR count). The molecule has 9 nitrogen and oxygen atoms in total. The largest absolute Gasteiger partial charge is 0.369 e. The molecule has 1 amide bonds. The van der Waals surface area contributed by atoms with Crippen LogP contribution in [-0.2, 0) is 11.8 Å². The van der Waals surface area contributed by atoms with E-state index < -0.39 is 5.91 Å². The zero-order valence-electron chi connectivity index (χ0n) is 24.9. The van der Waals surface area contributed by atoms with E-state index in [-0.39, 0.29) is 31.6 Å². The number of unbranched alkanes of at least 4 members (excludes halogenated alkanes) is 5. The summed E-state index contributed by atoms with van der Waals surface area (Å²) < 4.78 is 4.95. The molecule has 0 atom stereocenters. The monoisotopic (exact) mass is 616 g/mol. The number of thioether (sulfide) groups is 1. The Balaban J connectivity index is 1.51. The Bertz CT molecular complexity index is 1840. The van der Waals surface area contributed by atoms with Crippen LogP contribution in [0.4, 0.5) is 11.5 Å². The topological polar surface area (TPSA) is 93.6 Å². The van der Waals surface area contributed by atoms with Gasteiger partial charge in [-0.3, -0.25) is 28.4 Å². The number of amides is 1. The Morgan fingerprint density at radius 1 is 0.953 bits per heavy atom. The van der Waals surface area contributed by atoms with Gasteiger partial charge in [0.15, 0.2) is 4.32 Å². The summed E-state index contributed by atoms with van der Waals surface area (Å²) in [7, 11) is 1.77. The van der Waals surface area contributed by atoms with Gasteiger partial charge >= 0.3 is 0 Å². The molecule has 4 heterocycles. The van der Waals surface area contributed by atoms with E-state index in [1.807, 2.05) is 43.3 Å². The number of pyridine rings is 1. The van der Waals surface area contributed by atoms with E-state index in [1.165, 1.54) is 39.7 Å². The number of para-hydroxylation sites is 1. The van der Waals surface area contributed by atoms with Crippen LogP contribution in [0, 0.1) is 13.8 Å². The molecule has 1 saturated heterocycles. The number of anilines is 2. The first-order chi connectivity index (χ1) is 20.7. The molecule has 1 aliphatic heterocycles. The van der Waals surface area contributed by atoms with Gasteiger partial charge in [0.05, 0.1) is 21.8 Å². The Hall–Kier alpha value is -3.96. The zero-order valence-corrected chi connectivity index (χ0v) is 26.6. The van der Waals surface area contributed by atoms with Crippen molar-refractivity contribution in [2.75, 3.05) is 16.8 Å². The van der Waals surface area contributed by atoms with Gasteiger partial charge in [0.25, 0.3) is 17.0 Å². The van der Waals surface area contributed by atoms with Gasteiger partial charge < -0.3 is 5.32 Å². The number of aryl methyl sites for hydroxylation is 1. The predicted molar refractivity (Wildman–Crippen MR) is 179 cm³/mol. The van der Waals surface area contributed by atoms with Gasteiger partial charge in [-0.1, -0.05) is 87.3 Å². The average molecular weight is 617 g/mol. The molecule has 11 heteroatoms. The third-order valence-corrected chi connectivity index (χ3v) is 9.03. The first-order valence-corrected chi connectivity index (χ1v) is 15.8. The van der Waals surface area contributed by atoms with Gasteiger partial charge in [-0.2, -0.15) is 0 Å². The van der Waals surface area contributed by atoms with Gasteiger partial charge in [-0.15, -0.1) is 0 Å². The third-order valence-electron chi connectivity index (χ3n) is 7.72. The van der Waals surface area contributed by atoms with Crippen molar-refractivity contribution >= 4 is 57.4 Å². The fraction of sp³-hybridized carbons (Fsp3) is 0.344. The summed E-state index contributed by atoms with van der Waals surface area (Å²) in [6, 6.07) is 12.9. The molecule has 224 valence electrons. The summed E-state index contributed by atoms with van der Waals surface area (Å²) in [6.45, 7) is 6.55. The van der Waals surface area contributed by atoms with Crippen LogP contribution in [-0.4, -0.2) is 35.5 Å². The molecule has 0 spiro atoms. The van der Waals surface area contributed by atoms with Crippen LogP contribution in [0.2, 0.25) is 0 Å². The highest BCUT2D eigenvalue weighted by Crippen LogP contribution is 2.36. The van der Waals surface area contributed by atoms with Crippen molar-refractivity contribution in [3.8, 4) is 5.69 Å². The number of carbonyl (C=O) groups excluding carboxylic acids is 1. The number of benzene rings is 1. The Morgan fingerprint density at radius 2 is 1.67 bits per heavy atom. The Kier molecular flexibility index (Phi) is 9.31. The van der Waals surface area contributed by atoms with Gasteiger partial charge in [0.2, 0.25) is 0 Å². The number of aromatic nitrogens is 4. The summed E-state index contributed by atoms with van der Waals surface area (Å²) in [5.41, 5.74) is 2.54. The molecular formula is C32H36N6O3S2. The van der Waals surface area contributed by atoms with Crippen molar-refractivity contribution in [3.05, 3.63) is 91.1 Å². The third kappa shape index (κ3) is 5.96. The van der Waals surface area contributed by atoms with Crippen LogP contribution in [0.5, 0.6) is 0 Å². The number of rotatable bonds is 11. The molecule has 0 aliphatic carbocycles. The standard InChI is InChI=1S/C32H36N6O3S2/c1-5-6-7-8-9-13-18-33-27-24(29(39)36-19-14-15-21(2)28(36)34-27)20-25-30(40)37(32(42)43-25)26-22(3)35(4)38(31(26)41)23-16-11-10-12-17-23/h10-12,14-17,19-20,33H,5-9,13,18H2,1-4H3. The lowest BCUT2D eigenvalue weighted by molar-refractivity contribution is -0.113. The minimum Gasteiger partial charge on any atom is -0.369 e. The number of hydrogen-bond acceptors (Lipinski definition) is 7. The first kappa shape index (κ1) is 30.5. The summed E-state index contributed by atoms with van der Waals surface area (Å²) >= 11 is 6.70. The highest BCUT2D eigenvalue weighted by Gasteiger charge is 2.38. The summed E-state index contributed by atoms with van der Waals surface area (Å²) in [4.78, 5) is 47.6. The molecule has 0 unspecified atom stereocenters. The maximum atomic E-state index is 13.9.